The molecule has 0 unspecified atom stereocenters. The zero-order chi connectivity index (χ0) is 18.7. The van der Waals surface area contributed by atoms with Crippen LogP contribution >= 0.6 is 11.3 Å². The van der Waals surface area contributed by atoms with Crippen LogP contribution in [0, 0.1) is 12.3 Å². The Hall–Kier alpha value is -2.46. The fourth-order valence-electron chi connectivity index (χ4n) is 2.48. The van der Waals surface area contributed by atoms with Gasteiger partial charge in [-0.25, -0.2) is 4.98 Å². The highest BCUT2D eigenvalue weighted by Crippen LogP contribution is 2.29. The number of aromatic nitrogens is 1. The first-order valence-corrected chi connectivity index (χ1v) is 9.61. The Morgan fingerprint density at radius 1 is 1.00 bits per heavy atom. The molecule has 0 aliphatic heterocycles. The summed E-state index contributed by atoms with van der Waals surface area (Å²) in [5, 5.41) is 6.08. The number of hydrogen-bond acceptors (Lipinski definition) is 3. The third kappa shape index (κ3) is 4.38. The second-order valence-corrected chi connectivity index (χ2v) is 8.39. The van der Waals surface area contributed by atoms with Gasteiger partial charge in [0.05, 0.1) is 5.69 Å². The molecule has 1 heterocycles. The normalized spacial score (nSPS) is 11.4. The van der Waals surface area contributed by atoms with Crippen molar-refractivity contribution < 1.29 is 4.79 Å². The molecular weight excluding hydrogens is 340 g/mol. The summed E-state index contributed by atoms with van der Waals surface area (Å²) in [6, 6.07) is 16.7. The van der Waals surface area contributed by atoms with Crippen LogP contribution in [0.15, 0.2) is 53.9 Å². The van der Waals surface area contributed by atoms with E-state index >= 15 is 0 Å². The van der Waals surface area contributed by atoms with E-state index in [0.29, 0.717) is 6.54 Å². The maximum atomic E-state index is 12.0. The number of thiazole rings is 1. The highest BCUT2D eigenvalue weighted by Gasteiger charge is 2.20. The largest absolute Gasteiger partial charge is 0.352 e. The molecule has 1 amide bonds. The van der Waals surface area contributed by atoms with Crippen molar-refractivity contribution in [1.82, 2.24) is 10.3 Å². The van der Waals surface area contributed by atoms with E-state index in [1.165, 1.54) is 5.56 Å². The lowest BCUT2D eigenvalue weighted by molar-refractivity contribution is -0.128. The second kappa shape index (κ2) is 7.42. The fourth-order valence-corrected chi connectivity index (χ4v) is 3.31. The van der Waals surface area contributed by atoms with Crippen molar-refractivity contribution in [2.24, 2.45) is 5.41 Å². The molecule has 3 nitrogen and oxygen atoms in total. The summed E-state index contributed by atoms with van der Waals surface area (Å²) in [7, 11) is 0. The van der Waals surface area contributed by atoms with Crippen LogP contribution in [0.5, 0.6) is 0 Å². The van der Waals surface area contributed by atoms with Crippen molar-refractivity contribution >= 4 is 17.2 Å². The molecule has 3 rings (SSSR count). The highest BCUT2D eigenvalue weighted by atomic mass is 32.1. The summed E-state index contributed by atoms with van der Waals surface area (Å²) in [4.78, 5) is 16.7. The lowest BCUT2D eigenvalue weighted by Crippen LogP contribution is -2.34. The van der Waals surface area contributed by atoms with Crippen LogP contribution in [0.25, 0.3) is 21.8 Å². The number of benzene rings is 2. The van der Waals surface area contributed by atoms with Crippen LogP contribution in [-0.4, -0.2) is 10.9 Å². The van der Waals surface area contributed by atoms with Crippen LogP contribution in [0.1, 0.15) is 31.9 Å². The Kier molecular flexibility index (Phi) is 5.23. The number of amides is 1. The van der Waals surface area contributed by atoms with Gasteiger partial charge in [0, 0.05) is 28.5 Å². The molecule has 0 saturated carbocycles. The number of carbonyl (C=O) groups excluding carboxylic acids is 1. The third-order valence-electron chi connectivity index (χ3n) is 4.19. The average Bonchev–Trinajstić information content (AvgIpc) is 3.10. The van der Waals surface area contributed by atoms with Gasteiger partial charge in [0.25, 0.3) is 0 Å². The SMILES string of the molecule is Cc1ccc(-c2csc(-c3ccc(CNC(=O)C(C)(C)C)cc3)n2)cc1. The van der Waals surface area contributed by atoms with Gasteiger partial charge in [0.15, 0.2) is 0 Å². The molecule has 134 valence electrons. The molecule has 0 bridgehead atoms. The quantitative estimate of drug-likeness (QED) is 0.669. The first-order chi connectivity index (χ1) is 12.3. The Labute approximate surface area is 159 Å². The van der Waals surface area contributed by atoms with Gasteiger partial charge in [0.1, 0.15) is 5.01 Å². The van der Waals surface area contributed by atoms with Crippen LogP contribution in [0.4, 0.5) is 0 Å². The van der Waals surface area contributed by atoms with E-state index in [1.807, 2.05) is 32.9 Å². The van der Waals surface area contributed by atoms with Gasteiger partial charge in [-0.3, -0.25) is 4.79 Å². The molecule has 4 heteroatoms. The Morgan fingerprint density at radius 2 is 1.62 bits per heavy atom. The molecule has 0 spiro atoms. The summed E-state index contributed by atoms with van der Waals surface area (Å²) >= 11 is 1.65. The van der Waals surface area contributed by atoms with Crippen molar-refractivity contribution in [3.05, 3.63) is 65.0 Å². The van der Waals surface area contributed by atoms with Crippen LogP contribution < -0.4 is 5.32 Å². The van der Waals surface area contributed by atoms with E-state index in [9.17, 15) is 4.79 Å². The van der Waals surface area contributed by atoms with Gasteiger partial charge in [0.2, 0.25) is 5.91 Å². The minimum absolute atomic E-state index is 0.0595. The Balaban J connectivity index is 1.69. The van der Waals surface area contributed by atoms with Gasteiger partial charge in [-0.05, 0) is 12.5 Å². The summed E-state index contributed by atoms with van der Waals surface area (Å²) < 4.78 is 0. The van der Waals surface area contributed by atoms with Gasteiger partial charge >= 0.3 is 0 Å². The molecule has 0 saturated heterocycles. The number of nitrogens with one attached hydrogen (secondary N) is 1. The molecule has 0 radical (unpaired) electrons. The zero-order valence-corrected chi connectivity index (χ0v) is 16.5. The maximum Gasteiger partial charge on any atom is 0.225 e. The summed E-state index contributed by atoms with van der Waals surface area (Å²) in [6.45, 7) is 8.38. The molecular formula is C22H24N2OS. The lowest BCUT2D eigenvalue weighted by atomic mass is 9.95. The topological polar surface area (TPSA) is 42.0 Å². The fraction of sp³-hybridized carbons (Fsp3) is 0.273. The third-order valence-corrected chi connectivity index (χ3v) is 5.08. The van der Waals surface area contributed by atoms with Crippen molar-refractivity contribution in [1.29, 1.82) is 0 Å². The van der Waals surface area contributed by atoms with Crippen LogP contribution in [0.2, 0.25) is 0 Å². The minimum Gasteiger partial charge on any atom is -0.352 e. The van der Waals surface area contributed by atoms with E-state index < -0.39 is 0 Å². The molecule has 1 N–H and O–H groups in total. The Morgan fingerprint density at radius 3 is 2.23 bits per heavy atom. The van der Waals surface area contributed by atoms with E-state index in [2.05, 4.69) is 54.0 Å². The molecule has 1 aromatic heterocycles. The van der Waals surface area contributed by atoms with Gasteiger partial charge in [-0.15, -0.1) is 11.3 Å². The van der Waals surface area contributed by atoms with Crippen molar-refractivity contribution in [3.63, 3.8) is 0 Å². The highest BCUT2D eigenvalue weighted by molar-refractivity contribution is 7.13. The molecule has 0 fully saturated rings. The zero-order valence-electron chi connectivity index (χ0n) is 15.7. The average molecular weight is 365 g/mol. The number of aryl methyl sites for hydroxylation is 1. The number of nitrogens with zero attached hydrogens (tertiary/aromatic N) is 1. The van der Waals surface area contributed by atoms with Crippen molar-refractivity contribution in [3.8, 4) is 21.8 Å². The first kappa shape index (κ1) is 18.3. The number of rotatable bonds is 4. The summed E-state index contributed by atoms with van der Waals surface area (Å²) in [5.74, 6) is 0.0595. The maximum absolute atomic E-state index is 12.0. The Bertz CT molecular complexity index is 887. The van der Waals surface area contributed by atoms with Crippen LogP contribution in [-0.2, 0) is 11.3 Å². The number of hydrogen-bond donors (Lipinski definition) is 1. The molecule has 2 aromatic carbocycles. The van der Waals surface area contributed by atoms with E-state index in [0.717, 1.165) is 27.4 Å². The monoisotopic (exact) mass is 364 g/mol. The molecule has 0 aliphatic carbocycles. The summed E-state index contributed by atoms with van der Waals surface area (Å²) in [6.07, 6.45) is 0. The smallest absolute Gasteiger partial charge is 0.225 e. The van der Waals surface area contributed by atoms with E-state index in [1.54, 1.807) is 11.3 Å². The molecule has 3 aromatic rings. The van der Waals surface area contributed by atoms with Gasteiger partial charge in [-0.2, -0.15) is 0 Å². The van der Waals surface area contributed by atoms with E-state index in [-0.39, 0.29) is 11.3 Å². The summed E-state index contributed by atoms with van der Waals surface area (Å²) in [5.41, 5.74) is 5.21. The molecule has 26 heavy (non-hydrogen) atoms. The predicted molar refractivity (Wildman–Crippen MR) is 109 cm³/mol. The van der Waals surface area contributed by atoms with Crippen molar-refractivity contribution in [2.45, 2.75) is 34.2 Å². The van der Waals surface area contributed by atoms with Crippen LogP contribution in [0.3, 0.4) is 0 Å². The predicted octanol–water partition coefficient (Wildman–Crippen LogP) is 5.45. The molecule has 0 aliphatic rings. The number of carbonyl (C=O) groups is 1. The first-order valence-electron chi connectivity index (χ1n) is 8.73. The van der Waals surface area contributed by atoms with Gasteiger partial charge < -0.3 is 5.32 Å². The second-order valence-electron chi connectivity index (χ2n) is 7.53. The van der Waals surface area contributed by atoms with Gasteiger partial charge in [-0.1, -0.05) is 74.9 Å². The molecule has 0 atom stereocenters. The minimum atomic E-state index is -0.368. The van der Waals surface area contributed by atoms with Crippen molar-refractivity contribution in [2.75, 3.05) is 0 Å². The standard InChI is InChI=1S/C22H24N2OS/c1-15-5-9-17(10-6-15)19-14-26-20(24-19)18-11-7-16(8-12-18)13-23-21(25)22(2,3)4/h5-12,14H,13H2,1-4H3,(H,23,25). The lowest BCUT2D eigenvalue weighted by Gasteiger charge is -2.17. The van der Waals surface area contributed by atoms with E-state index in [4.69, 9.17) is 4.98 Å².